The molecule has 1 fully saturated rings. The summed E-state index contributed by atoms with van der Waals surface area (Å²) in [5.41, 5.74) is 0.834. The molecule has 0 saturated heterocycles. The minimum Gasteiger partial charge on any atom is -0.485 e. The largest absolute Gasteiger partial charge is 0.485 e. The number of pyridine rings is 1. The normalized spacial score (nSPS) is 16.7. The monoisotopic (exact) mass is 304 g/mol. The molecular weight excluding hydrogens is 284 g/mol. The van der Waals surface area contributed by atoms with Gasteiger partial charge in [-0.25, -0.2) is 0 Å². The van der Waals surface area contributed by atoms with Gasteiger partial charge in [0, 0.05) is 11.6 Å². The molecule has 2 aromatic rings. The van der Waals surface area contributed by atoms with Crippen LogP contribution in [0.15, 0.2) is 30.5 Å². The van der Waals surface area contributed by atoms with E-state index in [1.165, 1.54) is 6.42 Å². The number of aromatic nitrogens is 1. The van der Waals surface area contributed by atoms with Crippen molar-refractivity contribution in [1.82, 2.24) is 10.3 Å². The van der Waals surface area contributed by atoms with Crippen molar-refractivity contribution in [2.24, 2.45) is 0 Å². The van der Waals surface area contributed by atoms with E-state index in [0.717, 1.165) is 54.0 Å². The Kier molecular flexibility index (Phi) is 4.32. The highest BCUT2D eigenvalue weighted by Crippen LogP contribution is 2.41. The van der Waals surface area contributed by atoms with E-state index in [1.54, 1.807) is 6.20 Å². The second-order valence-corrected chi connectivity index (χ2v) is 6.09. The molecule has 112 valence electrons. The number of nitrogens with zero attached hydrogens (tertiary/aromatic N) is 1. The molecule has 0 amide bonds. The van der Waals surface area contributed by atoms with Crippen LogP contribution in [-0.4, -0.2) is 23.7 Å². The molecule has 1 saturated carbocycles. The Balaban J connectivity index is 1.85. The first-order valence-electron chi connectivity index (χ1n) is 7.67. The smallest absolute Gasteiger partial charge is 0.146 e. The topological polar surface area (TPSA) is 34.1 Å². The van der Waals surface area contributed by atoms with Gasteiger partial charge in [0.05, 0.1) is 5.02 Å². The number of fused-ring (bicyclic) bond motifs is 1. The van der Waals surface area contributed by atoms with Crippen molar-refractivity contribution < 1.29 is 4.74 Å². The molecule has 1 N–H and O–H groups in total. The fourth-order valence-corrected chi connectivity index (χ4v) is 3.11. The highest BCUT2D eigenvalue weighted by atomic mass is 35.5. The third-order valence-electron chi connectivity index (χ3n) is 4.28. The average molecular weight is 305 g/mol. The maximum absolute atomic E-state index is 6.39. The van der Waals surface area contributed by atoms with E-state index in [2.05, 4.69) is 17.2 Å². The summed E-state index contributed by atoms with van der Waals surface area (Å²) in [4.78, 5) is 4.46. The lowest BCUT2D eigenvalue weighted by molar-refractivity contribution is -0.0130. The third-order valence-corrected chi connectivity index (χ3v) is 4.61. The molecule has 4 heteroatoms. The van der Waals surface area contributed by atoms with E-state index in [0.29, 0.717) is 0 Å². The Morgan fingerprint density at radius 3 is 2.90 bits per heavy atom. The molecule has 1 heterocycles. The summed E-state index contributed by atoms with van der Waals surface area (Å²) in [6.07, 6.45) is 6.31. The first kappa shape index (κ1) is 14.6. The summed E-state index contributed by atoms with van der Waals surface area (Å²) in [5, 5.41) is 5.07. The van der Waals surface area contributed by atoms with Gasteiger partial charge in [-0.05, 0) is 63.0 Å². The summed E-state index contributed by atoms with van der Waals surface area (Å²) < 4.78 is 6.39. The predicted octanol–water partition coefficient (Wildman–Crippen LogP) is 4.19. The SMILES string of the molecule is CCNCCC1(Oc2ccc(Cl)c3cccnc23)CCC1. The van der Waals surface area contributed by atoms with Crippen molar-refractivity contribution >= 4 is 22.5 Å². The van der Waals surface area contributed by atoms with Crippen molar-refractivity contribution in [3.8, 4) is 5.75 Å². The summed E-state index contributed by atoms with van der Waals surface area (Å²) >= 11 is 6.24. The molecule has 1 aliphatic carbocycles. The molecule has 3 rings (SSSR count). The lowest BCUT2D eigenvalue weighted by atomic mass is 9.77. The molecule has 21 heavy (non-hydrogen) atoms. The van der Waals surface area contributed by atoms with Crippen LogP contribution in [0.5, 0.6) is 5.75 Å². The molecule has 1 aromatic carbocycles. The van der Waals surface area contributed by atoms with Gasteiger partial charge in [-0.3, -0.25) is 4.98 Å². The zero-order valence-electron chi connectivity index (χ0n) is 12.4. The van der Waals surface area contributed by atoms with Crippen LogP contribution in [0.1, 0.15) is 32.6 Å². The van der Waals surface area contributed by atoms with Gasteiger partial charge >= 0.3 is 0 Å². The number of benzene rings is 1. The maximum Gasteiger partial charge on any atom is 0.146 e. The van der Waals surface area contributed by atoms with Gasteiger partial charge in [0.15, 0.2) is 0 Å². The van der Waals surface area contributed by atoms with Crippen LogP contribution in [0.25, 0.3) is 10.9 Å². The number of hydrogen-bond donors (Lipinski definition) is 1. The van der Waals surface area contributed by atoms with Crippen molar-refractivity contribution in [2.75, 3.05) is 13.1 Å². The Bertz CT molecular complexity index is 625. The van der Waals surface area contributed by atoms with Gasteiger partial charge in [-0.2, -0.15) is 0 Å². The molecule has 1 aliphatic rings. The lowest BCUT2D eigenvalue weighted by Crippen LogP contribution is -2.45. The Hall–Kier alpha value is -1.32. The second kappa shape index (κ2) is 6.20. The number of halogens is 1. The Morgan fingerprint density at radius 1 is 1.33 bits per heavy atom. The molecular formula is C17H21ClN2O. The summed E-state index contributed by atoms with van der Waals surface area (Å²) in [6.45, 7) is 4.13. The number of nitrogens with one attached hydrogen (secondary N) is 1. The zero-order valence-corrected chi connectivity index (χ0v) is 13.1. The Labute approximate surface area is 130 Å². The molecule has 0 radical (unpaired) electrons. The molecule has 1 aromatic heterocycles. The number of hydrogen-bond acceptors (Lipinski definition) is 3. The van der Waals surface area contributed by atoms with Crippen molar-refractivity contribution in [2.45, 2.75) is 38.2 Å². The van der Waals surface area contributed by atoms with Crippen molar-refractivity contribution in [1.29, 1.82) is 0 Å². The minimum atomic E-state index is -0.0273. The summed E-state index contributed by atoms with van der Waals surface area (Å²) in [7, 11) is 0. The Morgan fingerprint density at radius 2 is 2.19 bits per heavy atom. The van der Waals surface area contributed by atoms with E-state index in [1.807, 2.05) is 24.3 Å². The second-order valence-electron chi connectivity index (χ2n) is 5.69. The standard InChI is InChI=1S/C17H21ClN2O/c1-2-19-12-10-17(8-4-9-17)21-15-7-6-14(18)13-5-3-11-20-16(13)15/h3,5-7,11,19H,2,4,8-10,12H2,1H3. The maximum atomic E-state index is 6.39. The van der Waals surface area contributed by atoms with Crippen LogP contribution in [0.4, 0.5) is 0 Å². The zero-order chi connectivity index (χ0) is 14.7. The fraction of sp³-hybridized carbons (Fsp3) is 0.471. The van der Waals surface area contributed by atoms with Gasteiger partial charge in [-0.15, -0.1) is 0 Å². The molecule has 3 nitrogen and oxygen atoms in total. The first-order chi connectivity index (χ1) is 10.2. The summed E-state index contributed by atoms with van der Waals surface area (Å²) in [5.74, 6) is 0.853. The van der Waals surface area contributed by atoms with Crippen LogP contribution >= 0.6 is 11.6 Å². The lowest BCUT2D eigenvalue weighted by Gasteiger charge is -2.42. The first-order valence-corrected chi connectivity index (χ1v) is 8.05. The van der Waals surface area contributed by atoms with Gasteiger partial charge in [0.25, 0.3) is 0 Å². The molecule has 0 bridgehead atoms. The van der Waals surface area contributed by atoms with Gasteiger partial charge in [0.2, 0.25) is 0 Å². The van der Waals surface area contributed by atoms with Crippen molar-refractivity contribution in [3.05, 3.63) is 35.5 Å². The predicted molar refractivity (Wildman–Crippen MR) is 87.1 cm³/mol. The van der Waals surface area contributed by atoms with E-state index in [4.69, 9.17) is 16.3 Å². The molecule has 0 spiro atoms. The van der Waals surface area contributed by atoms with Crippen LogP contribution in [0.2, 0.25) is 5.02 Å². The average Bonchev–Trinajstić information content (AvgIpc) is 2.47. The van der Waals surface area contributed by atoms with E-state index >= 15 is 0 Å². The quantitative estimate of drug-likeness (QED) is 0.813. The van der Waals surface area contributed by atoms with E-state index in [9.17, 15) is 0 Å². The third kappa shape index (κ3) is 2.99. The molecule has 0 aliphatic heterocycles. The molecule has 0 atom stereocenters. The highest BCUT2D eigenvalue weighted by molar-refractivity contribution is 6.35. The van der Waals surface area contributed by atoms with Crippen LogP contribution in [0, 0.1) is 0 Å². The van der Waals surface area contributed by atoms with Gasteiger partial charge < -0.3 is 10.1 Å². The highest BCUT2D eigenvalue weighted by Gasteiger charge is 2.39. The van der Waals surface area contributed by atoms with Gasteiger partial charge in [-0.1, -0.05) is 18.5 Å². The van der Waals surface area contributed by atoms with E-state index in [-0.39, 0.29) is 5.60 Å². The fourth-order valence-electron chi connectivity index (χ4n) is 2.89. The van der Waals surface area contributed by atoms with Crippen LogP contribution < -0.4 is 10.1 Å². The van der Waals surface area contributed by atoms with Gasteiger partial charge in [0.1, 0.15) is 16.9 Å². The molecule has 0 unspecified atom stereocenters. The van der Waals surface area contributed by atoms with Crippen LogP contribution in [-0.2, 0) is 0 Å². The number of ether oxygens (including phenoxy) is 1. The van der Waals surface area contributed by atoms with E-state index < -0.39 is 0 Å². The van der Waals surface area contributed by atoms with Crippen LogP contribution in [0.3, 0.4) is 0 Å². The number of rotatable bonds is 6. The van der Waals surface area contributed by atoms with Crippen molar-refractivity contribution in [3.63, 3.8) is 0 Å². The summed E-state index contributed by atoms with van der Waals surface area (Å²) in [6, 6.07) is 7.74. The minimum absolute atomic E-state index is 0.0273.